The summed E-state index contributed by atoms with van der Waals surface area (Å²) in [6.45, 7) is 0. The number of nitrogens with one attached hydrogen (secondary N) is 1. The predicted octanol–water partition coefficient (Wildman–Crippen LogP) is 2.57. The summed E-state index contributed by atoms with van der Waals surface area (Å²) in [5.74, 6) is 0.561. The van der Waals surface area contributed by atoms with Crippen LogP contribution in [0.15, 0.2) is 28.9 Å². The highest BCUT2D eigenvalue weighted by Gasteiger charge is 2.24. The first-order valence-corrected chi connectivity index (χ1v) is 8.88. The first-order valence-electron chi connectivity index (χ1n) is 8.08. The number of hydrogen-bond acceptors (Lipinski definition) is 5. The Hall–Kier alpha value is -2.40. The zero-order valence-corrected chi connectivity index (χ0v) is 15.4. The molecule has 0 saturated heterocycles. The van der Waals surface area contributed by atoms with Crippen LogP contribution in [0.5, 0.6) is 5.75 Å². The molecule has 0 aliphatic heterocycles. The summed E-state index contributed by atoms with van der Waals surface area (Å²) < 4.78 is 6.73. The van der Waals surface area contributed by atoms with Crippen molar-refractivity contribution in [3.8, 4) is 11.8 Å². The summed E-state index contributed by atoms with van der Waals surface area (Å²) in [7, 11) is 1.68. The van der Waals surface area contributed by atoms with Crippen molar-refractivity contribution in [1.29, 1.82) is 5.26 Å². The summed E-state index contributed by atoms with van der Waals surface area (Å²) in [6, 6.07) is 7.61. The third-order valence-corrected chi connectivity index (χ3v) is 4.86. The molecule has 0 unspecified atom stereocenters. The van der Waals surface area contributed by atoms with Crippen molar-refractivity contribution >= 4 is 21.8 Å². The van der Waals surface area contributed by atoms with E-state index in [-0.39, 0.29) is 18.1 Å². The summed E-state index contributed by atoms with van der Waals surface area (Å²) >= 11 is 3.37. The van der Waals surface area contributed by atoms with Crippen LogP contribution in [-0.2, 0) is 7.05 Å². The number of carbonyl (C=O) groups is 1. The molecule has 8 heteroatoms. The van der Waals surface area contributed by atoms with Gasteiger partial charge < -0.3 is 10.1 Å². The van der Waals surface area contributed by atoms with Crippen LogP contribution in [0.3, 0.4) is 0 Å². The Kier molecular flexibility index (Phi) is 5.34. The van der Waals surface area contributed by atoms with E-state index in [0.29, 0.717) is 11.3 Å². The van der Waals surface area contributed by atoms with Crippen molar-refractivity contribution in [1.82, 2.24) is 20.3 Å². The zero-order valence-electron chi connectivity index (χ0n) is 13.8. The maximum absolute atomic E-state index is 12.1. The standard InChI is InChI=1S/C17H18BrN5O2/c1-23-20-10-16(22-23)17(24)21-12-3-6-13(7-4-12)25-14-5-2-11(9-19)15(18)8-14/h2,5,8,10,12-13H,3-4,6-7H2,1H3,(H,21,24)/t12-,13-. The number of amides is 1. The van der Waals surface area contributed by atoms with Crippen LogP contribution in [-0.4, -0.2) is 33.0 Å². The fourth-order valence-electron chi connectivity index (χ4n) is 2.89. The van der Waals surface area contributed by atoms with E-state index in [2.05, 4.69) is 37.5 Å². The molecule has 1 N–H and O–H groups in total. The van der Waals surface area contributed by atoms with E-state index in [0.717, 1.165) is 35.9 Å². The average Bonchev–Trinajstić information content (AvgIpc) is 3.03. The highest BCUT2D eigenvalue weighted by Crippen LogP contribution is 2.27. The number of aryl methyl sites for hydroxylation is 1. The molecule has 25 heavy (non-hydrogen) atoms. The molecule has 0 atom stereocenters. The lowest BCUT2D eigenvalue weighted by Gasteiger charge is -2.29. The van der Waals surface area contributed by atoms with Gasteiger partial charge >= 0.3 is 0 Å². The van der Waals surface area contributed by atoms with Crippen LogP contribution < -0.4 is 10.1 Å². The molecular formula is C17H18BrN5O2. The second-order valence-corrected chi connectivity index (χ2v) is 6.89. The molecule has 0 radical (unpaired) electrons. The topological polar surface area (TPSA) is 92.8 Å². The minimum Gasteiger partial charge on any atom is -0.490 e. The molecule has 1 aromatic carbocycles. The second-order valence-electron chi connectivity index (χ2n) is 6.04. The van der Waals surface area contributed by atoms with Crippen LogP contribution in [0.2, 0.25) is 0 Å². The lowest BCUT2D eigenvalue weighted by molar-refractivity contribution is 0.0888. The van der Waals surface area contributed by atoms with Crippen molar-refractivity contribution in [2.45, 2.75) is 37.8 Å². The Morgan fingerprint density at radius 1 is 1.40 bits per heavy atom. The molecule has 1 aromatic heterocycles. The Morgan fingerprint density at radius 3 is 2.76 bits per heavy atom. The smallest absolute Gasteiger partial charge is 0.273 e. The number of rotatable bonds is 4. The van der Waals surface area contributed by atoms with Gasteiger partial charge in [-0.2, -0.15) is 15.2 Å². The molecule has 0 bridgehead atoms. The zero-order chi connectivity index (χ0) is 17.8. The van der Waals surface area contributed by atoms with Gasteiger partial charge in [0.25, 0.3) is 5.91 Å². The third kappa shape index (κ3) is 4.37. The molecular weight excluding hydrogens is 386 g/mol. The van der Waals surface area contributed by atoms with E-state index in [1.54, 1.807) is 13.1 Å². The van der Waals surface area contributed by atoms with E-state index >= 15 is 0 Å². The first kappa shape index (κ1) is 17.4. The van der Waals surface area contributed by atoms with Gasteiger partial charge in [0, 0.05) is 17.6 Å². The van der Waals surface area contributed by atoms with Crippen LogP contribution >= 0.6 is 15.9 Å². The molecule has 1 aliphatic rings. The Labute approximate surface area is 154 Å². The molecule has 0 spiro atoms. The largest absolute Gasteiger partial charge is 0.490 e. The summed E-state index contributed by atoms with van der Waals surface area (Å²) in [5.41, 5.74) is 0.922. The summed E-state index contributed by atoms with van der Waals surface area (Å²) in [5, 5.41) is 19.9. The Bertz CT molecular complexity index is 806. The number of carbonyl (C=O) groups excluding carboxylic acids is 1. The van der Waals surface area contributed by atoms with Gasteiger partial charge in [-0.15, -0.1) is 5.10 Å². The molecule has 7 nitrogen and oxygen atoms in total. The predicted molar refractivity (Wildman–Crippen MR) is 94.0 cm³/mol. The monoisotopic (exact) mass is 403 g/mol. The van der Waals surface area contributed by atoms with Gasteiger partial charge in [-0.1, -0.05) is 0 Å². The summed E-state index contributed by atoms with van der Waals surface area (Å²) in [4.78, 5) is 13.5. The second kappa shape index (κ2) is 7.66. The van der Waals surface area contributed by atoms with Gasteiger partial charge in [0.05, 0.1) is 17.9 Å². The van der Waals surface area contributed by atoms with E-state index in [9.17, 15) is 4.79 Å². The van der Waals surface area contributed by atoms with Gasteiger partial charge in [-0.3, -0.25) is 4.79 Å². The number of ether oxygens (including phenoxy) is 1. The molecule has 1 aliphatic carbocycles. The van der Waals surface area contributed by atoms with Crippen LogP contribution in [0, 0.1) is 11.3 Å². The maximum atomic E-state index is 12.1. The Balaban J connectivity index is 1.49. The highest BCUT2D eigenvalue weighted by molar-refractivity contribution is 9.10. The van der Waals surface area contributed by atoms with Crippen molar-refractivity contribution < 1.29 is 9.53 Å². The Morgan fingerprint density at radius 2 is 2.16 bits per heavy atom. The number of benzene rings is 1. The minimum atomic E-state index is -0.187. The van der Waals surface area contributed by atoms with Crippen molar-refractivity contribution in [2.24, 2.45) is 7.05 Å². The SMILES string of the molecule is Cn1ncc(C(=O)N[C@H]2CC[C@H](Oc3ccc(C#N)c(Br)c3)CC2)n1. The van der Waals surface area contributed by atoms with Crippen LogP contribution in [0.1, 0.15) is 41.7 Å². The van der Waals surface area contributed by atoms with Gasteiger partial charge in [-0.25, -0.2) is 0 Å². The summed E-state index contributed by atoms with van der Waals surface area (Å²) in [6.07, 6.45) is 5.02. The number of nitriles is 1. The minimum absolute atomic E-state index is 0.115. The van der Waals surface area contributed by atoms with Gasteiger partial charge in [-0.05, 0) is 59.8 Å². The van der Waals surface area contributed by atoms with Crippen molar-refractivity contribution in [2.75, 3.05) is 0 Å². The molecule has 1 saturated carbocycles. The van der Waals surface area contributed by atoms with Crippen LogP contribution in [0.25, 0.3) is 0 Å². The molecule has 1 amide bonds. The van der Waals surface area contributed by atoms with Crippen LogP contribution in [0.4, 0.5) is 0 Å². The van der Waals surface area contributed by atoms with E-state index in [4.69, 9.17) is 10.00 Å². The van der Waals surface area contributed by atoms with E-state index in [1.165, 1.54) is 11.0 Å². The van der Waals surface area contributed by atoms with Gasteiger partial charge in [0.2, 0.25) is 0 Å². The maximum Gasteiger partial charge on any atom is 0.273 e. The molecule has 1 fully saturated rings. The fourth-order valence-corrected chi connectivity index (χ4v) is 3.33. The average molecular weight is 404 g/mol. The number of hydrogen-bond donors (Lipinski definition) is 1. The highest BCUT2D eigenvalue weighted by atomic mass is 79.9. The number of halogens is 1. The number of aromatic nitrogens is 3. The lowest BCUT2D eigenvalue weighted by atomic mass is 9.93. The third-order valence-electron chi connectivity index (χ3n) is 4.21. The lowest BCUT2D eigenvalue weighted by Crippen LogP contribution is -2.39. The molecule has 130 valence electrons. The quantitative estimate of drug-likeness (QED) is 0.846. The van der Waals surface area contributed by atoms with E-state index in [1.807, 2.05) is 12.1 Å². The van der Waals surface area contributed by atoms with Gasteiger partial charge in [0.1, 0.15) is 11.8 Å². The first-order chi connectivity index (χ1) is 12.0. The molecule has 1 heterocycles. The fraction of sp³-hybridized carbons (Fsp3) is 0.412. The van der Waals surface area contributed by atoms with Crippen molar-refractivity contribution in [3.63, 3.8) is 0 Å². The molecule has 3 rings (SSSR count). The number of nitrogens with zero attached hydrogens (tertiary/aromatic N) is 4. The van der Waals surface area contributed by atoms with Crippen molar-refractivity contribution in [3.05, 3.63) is 40.1 Å². The van der Waals surface area contributed by atoms with Gasteiger partial charge in [0.15, 0.2) is 5.69 Å². The molecule has 2 aromatic rings. The van der Waals surface area contributed by atoms with E-state index < -0.39 is 0 Å². The normalized spacial score (nSPS) is 19.9.